The monoisotopic (exact) mass is 377 g/mol. The highest BCUT2D eigenvalue weighted by Gasteiger charge is 2.24. The van der Waals surface area contributed by atoms with E-state index in [-0.39, 0.29) is 23.8 Å². The lowest BCUT2D eigenvalue weighted by Crippen LogP contribution is -2.45. The van der Waals surface area contributed by atoms with Crippen molar-refractivity contribution in [2.45, 2.75) is 38.5 Å². The van der Waals surface area contributed by atoms with Crippen molar-refractivity contribution in [3.63, 3.8) is 0 Å². The van der Waals surface area contributed by atoms with Crippen LogP contribution in [0.3, 0.4) is 0 Å². The number of carbonyl (C=O) groups excluding carboxylic acids is 1. The van der Waals surface area contributed by atoms with Crippen molar-refractivity contribution in [2.24, 2.45) is 5.92 Å². The average molecular weight is 377 g/mol. The minimum absolute atomic E-state index is 0.129. The van der Waals surface area contributed by atoms with Crippen LogP contribution in [0, 0.1) is 5.92 Å². The Morgan fingerprint density at radius 1 is 1.35 bits per heavy atom. The maximum absolute atomic E-state index is 12.0. The van der Waals surface area contributed by atoms with Crippen LogP contribution in [0.25, 0.3) is 10.9 Å². The number of nitrogens with zero attached hydrogens (tertiary/aromatic N) is 1. The van der Waals surface area contributed by atoms with Crippen LogP contribution in [0.2, 0.25) is 0 Å². The van der Waals surface area contributed by atoms with E-state index < -0.39 is 12.0 Å². The molecule has 0 bridgehead atoms. The van der Waals surface area contributed by atoms with Crippen LogP contribution in [0.1, 0.15) is 32.5 Å². The van der Waals surface area contributed by atoms with Crippen LogP contribution in [-0.2, 0) is 15.3 Å². The molecule has 0 fully saturated rings. The lowest BCUT2D eigenvalue weighted by molar-refractivity contribution is -0.143. The summed E-state index contributed by atoms with van der Waals surface area (Å²) in [5.41, 5.74) is 0.462. The summed E-state index contributed by atoms with van der Waals surface area (Å²) in [7, 11) is 0. The maximum Gasteiger partial charge on any atom is 0.326 e. The Morgan fingerprint density at radius 2 is 2.08 bits per heavy atom. The highest BCUT2D eigenvalue weighted by molar-refractivity contribution is 7.98. The van der Waals surface area contributed by atoms with Gasteiger partial charge in [-0.3, -0.25) is 9.59 Å². The minimum Gasteiger partial charge on any atom is -0.480 e. The van der Waals surface area contributed by atoms with Gasteiger partial charge in [-0.2, -0.15) is 11.8 Å². The summed E-state index contributed by atoms with van der Waals surface area (Å²) in [6.45, 7) is 3.69. The fourth-order valence-corrected chi connectivity index (χ4v) is 3.27. The van der Waals surface area contributed by atoms with Gasteiger partial charge in [0.05, 0.1) is 16.7 Å². The first-order valence-electron chi connectivity index (χ1n) is 8.50. The highest BCUT2D eigenvalue weighted by Crippen LogP contribution is 2.13. The Balaban J connectivity index is 1.84. The number of hydrogen-bond acceptors (Lipinski definition) is 5. The predicted octanol–water partition coefficient (Wildman–Crippen LogP) is 2.16. The van der Waals surface area contributed by atoms with Crippen molar-refractivity contribution in [1.82, 2.24) is 15.3 Å². The fraction of sp³-hybridized carbons (Fsp3) is 0.444. The second-order valence-corrected chi connectivity index (χ2v) is 7.21. The van der Waals surface area contributed by atoms with Crippen LogP contribution < -0.4 is 10.9 Å². The molecule has 0 saturated carbocycles. The molecule has 1 heterocycles. The van der Waals surface area contributed by atoms with E-state index in [1.165, 1.54) is 11.8 Å². The number of carboxylic acids is 1. The molecule has 7 nitrogen and oxygen atoms in total. The zero-order chi connectivity index (χ0) is 19.1. The Hall–Kier alpha value is -2.35. The SMILES string of the molecule is CCC(C)C(NC(=O)CCSCc1nc2ccccc2c(=O)[nH]1)C(=O)O. The third-order valence-corrected chi connectivity index (χ3v) is 5.14. The second-order valence-electron chi connectivity index (χ2n) is 6.10. The van der Waals surface area contributed by atoms with Crippen LogP contribution in [0.15, 0.2) is 29.1 Å². The number of para-hydroxylation sites is 1. The summed E-state index contributed by atoms with van der Waals surface area (Å²) in [6, 6.07) is 6.25. The van der Waals surface area contributed by atoms with Crippen LogP contribution >= 0.6 is 11.8 Å². The Labute approximate surface area is 155 Å². The zero-order valence-corrected chi connectivity index (χ0v) is 15.6. The molecule has 8 heteroatoms. The van der Waals surface area contributed by atoms with E-state index in [4.69, 9.17) is 0 Å². The molecule has 3 N–H and O–H groups in total. The molecule has 0 aliphatic heterocycles. The zero-order valence-electron chi connectivity index (χ0n) is 14.8. The number of aliphatic carboxylic acids is 1. The first kappa shape index (κ1) is 20.0. The highest BCUT2D eigenvalue weighted by atomic mass is 32.2. The number of fused-ring (bicyclic) bond motifs is 1. The standard InChI is InChI=1S/C18H23N3O4S/c1-3-11(2)16(18(24)25)21-15(22)8-9-26-10-14-19-13-7-5-4-6-12(13)17(23)20-14/h4-7,11,16H,3,8-10H2,1-2H3,(H,21,22)(H,24,25)(H,19,20,23). The van der Waals surface area contributed by atoms with E-state index in [0.29, 0.717) is 34.7 Å². The Morgan fingerprint density at radius 3 is 2.77 bits per heavy atom. The lowest BCUT2D eigenvalue weighted by atomic mass is 9.99. The van der Waals surface area contributed by atoms with Crippen molar-refractivity contribution in [3.05, 3.63) is 40.4 Å². The van der Waals surface area contributed by atoms with Gasteiger partial charge in [-0.05, 0) is 18.1 Å². The molecule has 0 aliphatic rings. The van der Waals surface area contributed by atoms with Gasteiger partial charge in [0.1, 0.15) is 11.9 Å². The Kier molecular flexibility index (Phi) is 7.20. The third-order valence-electron chi connectivity index (χ3n) is 4.17. The number of nitrogens with one attached hydrogen (secondary N) is 2. The molecule has 0 radical (unpaired) electrons. The van der Waals surface area contributed by atoms with E-state index in [1.54, 1.807) is 25.1 Å². The third kappa shape index (κ3) is 5.32. The summed E-state index contributed by atoms with van der Waals surface area (Å²) < 4.78 is 0. The van der Waals surface area contributed by atoms with Crippen molar-refractivity contribution >= 4 is 34.5 Å². The molecule has 0 spiro atoms. The van der Waals surface area contributed by atoms with Gasteiger partial charge in [0.2, 0.25) is 5.91 Å². The van der Waals surface area contributed by atoms with E-state index in [9.17, 15) is 19.5 Å². The number of carbonyl (C=O) groups is 2. The van der Waals surface area contributed by atoms with Gasteiger partial charge >= 0.3 is 5.97 Å². The quantitative estimate of drug-likeness (QED) is 0.577. The Bertz CT molecular complexity index is 837. The summed E-state index contributed by atoms with van der Waals surface area (Å²) in [5, 5.41) is 12.3. The first-order valence-corrected chi connectivity index (χ1v) is 9.65. The molecule has 2 atom stereocenters. The van der Waals surface area contributed by atoms with Crippen molar-refractivity contribution < 1.29 is 14.7 Å². The van der Waals surface area contributed by atoms with Crippen LogP contribution in [0.4, 0.5) is 0 Å². The van der Waals surface area contributed by atoms with Crippen molar-refractivity contribution in [2.75, 3.05) is 5.75 Å². The maximum atomic E-state index is 12.0. The van der Waals surface area contributed by atoms with Crippen LogP contribution in [-0.4, -0.2) is 38.7 Å². The second kappa shape index (κ2) is 9.38. The number of H-pyrrole nitrogens is 1. The molecule has 1 aromatic heterocycles. The van der Waals surface area contributed by atoms with Gasteiger partial charge in [-0.25, -0.2) is 9.78 Å². The molecule has 1 aromatic carbocycles. The smallest absolute Gasteiger partial charge is 0.326 e. The molecular weight excluding hydrogens is 354 g/mol. The van der Waals surface area contributed by atoms with E-state index in [1.807, 2.05) is 13.0 Å². The molecule has 2 rings (SSSR count). The number of benzene rings is 1. The topological polar surface area (TPSA) is 112 Å². The normalized spacial score (nSPS) is 13.3. The fourth-order valence-electron chi connectivity index (χ4n) is 2.47. The van der Waals surface area contributed by atoms with Gasteiger partial charge in [-0.15, -0.1) is 0 Å². The number of aromatic nitrogens is 2. The number of hydrogen-bond donors (Lipinski definition) is 3. The summed E-state index contributed by atoms with van der Waals surface area (Å²) in [4.78, 5) is 42.3. The number of amides is 1. The van der Waals surface area contributed by atoms with Gasteiger partial charge in [0.25, 0.3) is 5.56 Å². The summed E-state index contributed by atoms with van der Waals surface area (Å²) in [5.74, 6) is 0.109. The van der Waals surface area contributed by atoms with Crippen molar-refractivity contribution in [3.8, 4) is 0 Å². The molecule has 0 saturated heterocycles. The van der Waals surface area contributed by atoms with Gasteiger partial charge in [-0.1, -0.05) is 32.4 Å². The largest absolute Gasteiger partial charge is 0.480 e. The lowest BCUT2D eigenvalue weighted by Gasteiger charge is -2.20. The van der Waals surface area contributed by atoms with E-state index in [2.05, 4.69) is 15.3 Å². The molecular formula is C18H23N3O4S. The molecule has 0 aliphatic carbocycles. The number of rotatable bonds is 9. The van der Waals surface area contributed by atoms with Gasteiger partial charge < -0.3 is 15.4 Å². The summed E-state index contributed by atoms with van der Waals surface area (Å²) >= 11 is 1.46. The first-order chi connectivity index (χ1) is 12.4. The molecule has 140 valence electrons. The molecule has 1 amide bonds. The van der Waals surface area contributed by atoms with Crippen molar-refractivity contribution in [1.29, 1.82) is 0 Å². The van der Waals surface area contributed by atoms with E-state index >= 15 is 0 Å². The number of aromatic amines is 1. The summed E-state index contributed by atoms with van der Waals surface area (Å²) in [6.07, 6.45) is 0.885. The average Bonchev–Trinajstić information content (AvgIpc) is 2.62. The van der Waals surface area contributed by atoms with Gasteiger partial charge in [0, 0.05) is 12.2 Å². The minimum atomic E-state index is -1.02. The number of carboxylic acid groups (broad SMARTS) is 1. The molecule has 26 heavy (non-hydrogen) atoms. The van der Waals surface area contributed by atoms with Gasteiger partial charge in [0.15, 0.2) is 0 Å². The molecule has 2 unspecified atom stereocenters. The van der Waals surface area contributed by atoms with Crippen LogP contribution in [0.5, 0.6) is 0 Å². The van der Waals surface area contributed by atoms with E-state index in [0.717, 1.165) is 0 Å². The predicted molar refractivity (Wildman–Crippen MR) is 102 cm³/mol. The number of thioether (sulfide) groups is 1. The molecule has 2 aromatic rings.